The molecule has 0 aromatic carbocycles. The Morgan fingerprint density at radius 1 is 1.20 bits per heavy atom. The van der Waals surface area contributed by atoms with Gasteiger partial charge in [-0.1, -0.05) is 0 Å². The largest absolute Gasteiger partial charge is 0.379 e. The first-order valence-electron chi connectivity index (χ1n) is 9.33. The minimum absolute atomic E-state index is 0.0364. The SMILES string of the molecule is Cc1ccc(C(=O)N2CCC3(CC2)CC(N2CCOCC2)CO3)cn1. The molecule has 3 aliphatic heterocycles. The summed E-state index contributed by atoms with van der Waals surface area (Å²) in [7, 11) is 0. The van der Waals surface area contributed by atoms with Crippen LogP contribution in [0.2, 0.25) is 0 Å². The first kappa shape index (κ1) is 16.9. The number of rotatable bonds is 2. The Hall–Kier alpha value is -1.50. The lowest BCUT2D eigenvalue weighted by Crippen LogP contribution is -2.48. The second-order valence-corrected chi connectivity index (χ2v) is 7.48. The smallest absolute Gasteiger partial charge is 0.255 e. The molecule has 3 aliphatic rings. The molecule has 4 heterocycles. The molecule has 1 unspecified atom stereocenters. The summed E-state index contributed by atoms with van der Waals surface area (Å²) in [5.41, 5.74) is 1.58. The predicted octanol–water partition coefficient (Wildman–Crippen LogP) is 1.49. The molecule has 0 aliphatic carbocycles. The number of morpholine rings is 1. The van der Waals surface area contributed by atoms with Crippen molar-refractivity contribution in [3.05, 3.63) is 29.6 Å². The van der Waals surface area contributed by atoms with Crippen LogP contribution in [0.4, 0.5) is 0 Å². The molecule has 1 aromatic rings. The summed E-state index contributed by atoms with van der Waals surface area (Å²) in [4.78, 5) is 21.3. The van der Waals surface area contributed by atoms with Crippen molar-refractivity contribution in [2.45, 2.75) is 37.8 Å². The van der Waals surface area contributed by atoms with Gasteiger partial charge in [0.2, 0.25) is 0 Å². The van der Waals surface area contributed by atoms with Gasteiger partial charge in [-0.15, -0.1) is 0 Å². The van der Waals surface area contributed by atoms with Crippen molar-refractivity contribution < 1.29 is 14.3 Å². The maximum Gasteiger partial charge on any atom is 0.255 e. The lowest BCUT2D eigenvalue weighted by atomic mass is 9.87. The zero-order valence-corrected chi connectivity index (χ0v) is 14.9. The molecule has 0 bridgehead atoms. The molecule has 0 saturated carbocycles. The Balaban J connectivity index is 1.33. The first-order valence-corrected chi connectivity index (χ1v) is 9.33. The van der Waals surface area contributed by atoms with Crippen molar-refractivity contribution in [3.63, 3.8) is 0 Å². The number of carbonyl (C=O) groups is 1. The highest BCUT2D eigenvalue weighted by molar-refractivity contribution is 5.94. The monoisotopic (exact) mass is 345 g/mol. The van der Waals surface area contributed by atoms with Gasteiger partial charge >= 0.3 is 0 Å². The van der Waals surface area contributed by atoms with Gasteiger partial charge in [-0.05, 0) is 38.3 Å². The molecule has 3 fully saturated rings. The molecule has 0 N–H and O–H groups in total. The molecule has 136 valence electrons. The van der Waals surface area contributed by atoms with Crippen LogP contribution in [-0.4, -0.2) is 78.3 Å². The molecule has 4 rings (SSSR count). The van der Waals surface area contributed by atoms with E-state index in [2.05, 4.69) is 9.88 Å². The van der Waals surface area contributed by atoms with Gasteiger partial charge in [-0.3, -0.25) is 14.7 Å². The molecule has 3 saturated heterocycles. The van der Waals surface area contributed by atoms with Gasteiger partial charge in [0, 0.05) is 44.1 Å². The van der Waals surface area contributed by atoms with Gasteiger partial charge in [-0.25, -0.2) is 0 Å². The number of nitrogens with zero attached hydrogens (tertiary/aromatic N) is 3. The minimum atomic E-state index is -0.0364. The number of amides is 1. The molecule has 1 atom stereocenters. The molecule has 1 spiro atoms. The van der Waals surface area contributed by atoms with E-state index < -0.39 is 0 Å². The van der Waals surface area contributed by atoms with Crippen LogP contribution in [0.5, 0.6) is 0 Å². The topological polar surface area (TPSA) is 54.9 Å². The number of hydrogen-bond donors (Lipinski definition) is 0. The number of pyridine rings is 1. The van der Waals surface area contributed by atoms with Gasteiger partial charge in [0.25, 0.3) is 5.91 Å². The van der Waals surface area contributed by atoms with Crippen molar-refractivity contribution in [3.8, 4) is 0 Å². The maximum absolute atomic E-state index is 12.6. The third-order valence-corrected chi connectivity index (χ3v) is 5.87. The zero-order chi connectivity index (χ0) is 17.3. The van der Waals surface area contributed by atoms with Crippen LogP contribution >= 0.6 is 0 Å². The van der Waals surface area contributed by atoms with Crippen LogP contribution in [0.3, 0.4) is 0 Å². The molecular weight excluding hydrogens is 318 g/mol. The summed E-state index contributed by atoms with van der Waals surface area (Å²) in [6.45, 7) is 7.96. The van der Waals surface area contributed by atoms with E-state index in [0.717, 1.165) is 71.0 Å². The molecule has 1 amide bonds. The summed E-state index contributed by atoms with van der Waals surface area (Å²) in [6, 6.07) is 4.27. The van der Waals surface area contributed by atoms with Gasteiger partial charge in [0.1, 0.15) is 0 Å². The number of likely N-dealkylation sites (tertiary alicyclic amines) is 1. The molecule has 6 heteroatoms. The van der Waals surface area contributed by atoms with E-state index in [1.807, 2.05) is 24.0 Å². The summed E-state index contributed by atoms with van der Waals surface area (Å²) < 4.78 is 11.7. The van der Waals surface area contributed by atoms with E-state index in [1.54, 1.807) is 6.20 Å². The first-order chi connectivity index (χ1) is 12.2. The van der Waals surface area contributed by atoms with Crippen LogP contribution in [-0.2, 0) is 9.47 Å². The molecule has 25 heavy (non-hydrogen) atoms. The minimum Gasteiger partial charge on any atom is -0.379 e. The van der Waals surface area contributed by atoms with Crippen molar-refractivity contribution in [2.75, 3.05) is 46.0 Å². The van der Waals surface area contributed by atoms with Crippen LogP contribution in [0.15, 0.2) is 18.3 Å². The highest BCUT2D eigenvalue weighted by Gasteiger charge is 2.45. The normalized spacial score (nSPS) is 26.9. The number of hydrogen-bond acceptors (Lipinski definition) is 5. The Labute approximate surface area is 149 Å². The average molecular weight is 345 g/mol. The Kier molecular flexibility index (Phi) is 4.75. The molecule has 0 radical (unpaired) electrons. The van der Waals surface area contributed by atoms with Crippen molar-refractivity contribution >= 4 is 5.91 Å². The van der Waals surface area contributed by atoms with Crippen LogP contribution in [0.25, 0.3) is 0 Å². The Morgan fingerprint density at radius 2 is 1.96 bits per heavy atom. The zero-order valence-electron chi connectivity index (χ0n) is 14.9. The number of carbonyl (C=O) groups excluding carboxylic acids is 1. The second kappa shape index (κ2) is 7.02. The molecule has 6 nitrogen and oxygen atoms in total. The van der Waals surface area contributed by atoms with Gasteiger partial charge < -0.3 is 14.4 Å². The lowest BCUT2D eigenvalue weighted by molar-refractivity contribution is -0.0401. The predicted molar refractivity (Wildman–Crippen MR) is 93.6 cm³/mol. The van der Waals surface area contributed by atoms with Crippen LogP contribution < -0.4 is 0 Å². The number of aromatic nitrogens is 1. The summed E-state index contributed by atoms with van der Waals surface area (Å²) in [5, 5.41) is 0. The fourth-order valence-corrected chi connectivity index (χ4v) is 4.24. The quantitative estimate of drug-likeness (QED) is 0.813. The van der Waals surface area contributed by atoms with E-state index in [1.165, 1.54) is 0 Å². The van der Waals surface area contributed by atoms with E-state index in [9.17, 15) is 4.79 Å². The fourth-order valence-electron chi connectivity index (χ4n) is 4.24. The highest BCUT2D eigenvalue weighted by Crippen LogP contribution is 2.38. The van der Waals surface area contributed by atoms with E-state index in [0.29, 0.717) is 11.6 Å². The molecular formula is C19H27N3O3. The summed E-state index contributed by atoms with van der Waals surface area (Å²) >= 11 is 0. The van der Waals surface area contributed by atoms with E-state index >= 15 is 0 Å². The standard InChI is InChI=1S/C19H27N3O3/c1-15-2-3-16(13-20-15)18(23)22-6-4-19(5-7-22)12-17(14-25-19)21-8-10-24-11-9-21/h2-3,13,17H,4-12,14H2,1H3. The van der Waals surface area contributed by atoms with Crippen molar-refractivity contribution in [1.82, 2.24) is 14.8 Å². The lowest BCUT2D eigenvalue weighted by Gasteiger charge is -2.39. The third-order valence-electron chi connectivity index (χ3n) is 5.87. The highest BCUT2D eigenvalue weighted by atomic mass is 16.5. The number of piperidine rings is 1. The Bertz CT molecular complexity index is 605. The fraction of sp³-hybridized carbons (Fsp3) is 0.684. The molecule has 1 aromatic heterocycles. The maximum atomic E-state index is 12.6. The van der Waals surface area contributed by atoms with Gasteiger partial charge in [0.15, 0.2) is 0 Å². The summed E-state index contributed by atoms with van der Waals surface area (Å²) in [6.07, 6.45) is 4.63. The number of ether oxygens (including phenoxy) is 2. The van der Waals surface area contributed by atoms with Gasteiger partial charge in [-0.2, -0.15) is 0 Å². The third kappa shape index (κ3) is 3.57. The van der Waals surface area contributed by atoms with Gasteiger partial charge in [0.05, 0.1) is 31.0 Å². The average Bonchev–Trinajstić information content (AvgIpc) is 3.07. The van der Waals surface area contributed by atoms with E-state index in [4.69, 9.17) is 9.47 Å². The number of aryl methyl sites for hydroxylation is 1. The van der Waals surface area contributed by atoms with E-state index in [-0.39, 0.29) is 11.5 Å². The van der Waals surface area contributed by atoms with Crippen LogP contribution in [0, 0.1) is 6.92 Å². The second-order valence-electron chi connectivity index (χ2n) is 7.48. The Morgan fingerprint density at radius 3 is 2.64 bits per heavy atom. The van der Waals surface area contributed by atoms with Crippen molar-refractivity contribution in [1.29, 1.82) is 0 Å². The van der Waals surface area contributed by atoms with Crippen LogP contribution in [0.1, 0.15) is 35.3 Å². The van der Waals surface area contributed by atoms with Crippen molar-refractivity contribution in [2.24, 2.45) is 0 Å². The summed E-state index contributed by atoms with van der Waals surface area (Å²) in [5.74, 6) is 0.0880.